The topological polar surface area (TPSA) is 12.0 Å². The standard InChI is InChI=1S/C18H22FN/c1-15(17-5-3-2-4-6-17)11-13-20-14-12-16-7-9-18(19)10-8-16/h2-10,15,20H,11-14H2,1H3. The van der Waals surface area contributed by atoms with Gasteiger partial charge in [0.15, 0.2) is 0 Å². The second-order valence-corrected chi connectivity index (χ2v) is 5.23. The van der Waals surface area contributed by atoms with Crippen molar-refractivity contribution in [1.82, 2.24) is 5.32 Å². The lowest BCUT2D eigenvalue weighted by Gasteiger charge is -2.12. The van der Waals surface area contributed by atoms with E-state index in [2.05, 4.69) is 42.6 Å². The first-order chi connectivity index (χ1) is 9.75. The van der Waals surface area contributed by atoms with Gasteiger partial charge in [0.05, 0.1) is 0 Å². The second kappa shape index (κ2) is 7.81. The first-order valence-corrected chi connectivity index (χ1v) is 7.26. The summed E-state index contributed by atoms with van der Waals surface area (Å²) in [7, 11) is 0. The first kappa shape index (κ1) is 14.7. The molecule has 0 spiro atoms. The number of halogens is 1. The molecule has 0 heterocycles. The smallest absolute Gasteiger partial charge is 0.123 e. The molecule has 0 amide bonds. The van der Waals surface area contributed by atoms with E-state index in [-0.39, 0.29) is 5.82 Å². The summed E-state index contributed by atoms with van der Waals surface area (Å²) < 4.78 is 12.8. The molecular formula is C18H22FN. The molecule has 0 aliphatic carbocycles. The van der Waals surface area contributed by atoms with E-state index in [9.17, 15) is 4.39 Å². The van der Waals surface area contributed by atoms with Gasteiger partial charge in [-0.2, -0.15) is 0 Å². The van der Waals surface area contributed by atoms with Gasteiger partial charge in [0.1, 0.15) is 5.82 Å². The Hall–Kier alpha value is -1.67. The lowest BCUT2D eigenvalue weighted by molar-refractivity contribution is 0.594. The quantitative estimate of drug-likeness (QED) is 0.746. The SMILES string of the molecule is CC(CCNCCc1ccc(F)cc1)c1ccccc1. The Bertz CT molecular complexity index is 493. The van der Waals surface area contributed by atoms with Gasteiger partial charge < -0.3 is 5.32 Å². The molecule has 1 nitrogen and oxygen atoms in total. The third-order valence-corrected chi connectivity index (χ3v) is 3.63. The number of hydrogen-bond acceptors (Lipinski definition) is 1. The van der Waals surface area contributed by atoms with E-state index in [1.807, 2.05) is 12.1 Å². The van der Waals surface area contributed by atoms with Crippen LogP contribution in [0.25, 0.3) is 0 Å². The molecule has 0 saturated heterocycles. The zero-order chi connectivity index (χ0) is 14.2. The molecule has 0 saturated carbocycles. The van der Waals surface area contributed by atoms with Gasteiger partial charge >= 0.3 is 0 Å². The Morgan fingerprint density at radius 1 is 0.950 bits per heavy atom. The van der Waals surface area contributed by atoms with E-state index < -0.39 is 0 Å². The van der Waals surface area contributed by atoms with E-state index in [0.717, 1.165) is 25.9 Å². The fraction of sp³-hybridized carbons (Fsp3) is 0.333. The van der Waals surface area contributed by atoms with Crippen LogP contribution in [-0.2, 0) is 6.42 Å². The number of benzene rings is 2. The molecule has 1 unspecified atom stereocenters. The van der Waals surface area contributed by atoms with Gasteiger partial charge in [-0.3, -0.25) is 0 Å². The van der Waals surface area contributed by atoms with Gasteiger partial charge in [-0.05, 0) is 55.1 Å². The largest absolute Gasteiger partial charge is 0.316 e. The van der Waals surface area contributed by atoms with Crippen LogP contribution in [0.3, 0.4) is 0 Å². The third kappa shape index (κ3) is 4.78. The molecular weight excluding hydrogens is 249 g/mol. The number of nitrogens with one attached hydrogen (secondary N) is 1. The predicted molar refractivity (Wildman–Crippen MR) is 82.4 cm³/mol. The minimum atomic E-state index is -0.168. The number of hydrogen-bond donors (Lipinski definition) is 1. The van der Waals surface area contributed by atoms with Gasteiger partial charge in [-0.25, -0.2) is 4.39 Å². The highest BCUT2D eigenvalue weighted by Crippen LogP contribution is 2.17. The molecule has 2 aromatic carbocycles. The maximum Gasteiger partial charge on any atom is 0.123 e. The summed E-state index contributed by atoms with van der Waals surface area (Å²) in [4.78, 5) is 0. The fourth-order valence-corrected chi connectivity index (χ4v) is 2.28. The van der Waals surface area contributed by atoms with Crippen LogP contribution in [0.4, 0.5) is 4.39 Å². The molecule has 0 fully saturated rings. The van der Waals surface area contributed by atoms with E-state index >= 15 is 0 Å². The van der Waals surface area contributed by atoms with Crippen molar-refractivity contribution in [2.24, 2.45) is 0 Å². The van der Waals surface area contributed by atoms with Crippen LogP contribution >= 0.6 is 0 Å². The Morgan fingerprint density at radius 2 is 1.65 bits per heavy atom. The lowest BCUT2D eigenvalue weighted by atomic mass is 9.98. The van der Waals surface area contributed by atoms with Gasteiger partial charge in [0.2, 0.25) is 0 Å². The van der Waals surface area contributed by atoms with Crippen LogP contribution in [0.15, 0.2) is 54.6 Å². The summed E-state index contributed by atoms with van der Waals surface area (Å²) in [6.07, 6.45) is 2.08. The monoisotopic (exact) mass is 271 g/mol. The molecule has 0 bridgehead atoms. The van der Waals surface area contributed by atoms with E-state index in [1.54, 1.807) is 0 Å². The average Bonchev–Trinajstić information content (AvgIpc) is 2.49. The van der Waals surface area contributed by atoms with Gasteiger partial charge in [-0.15, -0.1) is 0 Å². The minimum Gasteiger partial charge on any atom is -0.316 e. The van der Waals surface area contributed by atoms with E-state index in [1.165, 1.54) is 23.3 Å². The highest BCUT2D eigenvalue weighted by atomic mass is 19.1. The highest BCUT2D eigenvalue weighted by Gasteiger charge is 2.03. The Labute approximate surface area is 120 Å². The second-order valence-electron chi connectivity index (χ2n) is 5.23. The molecule has 106 valence electrons. The highest BCUT2D eigenvalue weighted by molar-refractivity contribution is 5.18. The van der Waals surface area contributed by atoms with Crippen molar-refractivity contribution < 1.29 is 4.39 Å². The van der Waals surface area contributed by atoms with Crippen LogP contribution in [0.2, 0.25) is 0 Å². The molecule has 0 radical (unpaired) electrons. The summed E-state index contributed by atoms with van der Waals surface area (Å²) in [5, 5.41) is 3.46. The van der Waals surface area contributed by atoms with Crippen molar-refractivity contribution in [3.8, 4) is 0 Å². The Kier molecular flexibility index (Phi) is 5.75. The average molecular weight is 271 g/mol. The summed E-state index contributed by atoms with van der Waals surface area (Å²) >= 11 is 0. The normalized spacial score (nSPS) is 12.3. The van der Waals surface area contributed by atoms with Crippen LogP contribution < -0.4 is 5.32 Å². The van der Waals surface area contributed by atoms with Crippen molar-refractivity contribution in [2.75, 3.05) is 13.1 Å². The minimum absolute atomic E-state index is 0.168. The van der Waals surface area contributed by atoms with Crippen LogP contribution in [-0.4, -0.2) is 13.1 Å². The summed E-state index contributed by atoms with van der Waals surface area (Å²) in [6.45, 7) is 4.21. The van der Waals surface area contributed by atoms with Crippen molar-refractivity contribution >= 4 is 0 Å². The van der Waals surface area contributed by atoms with Gasteiger partial charge in [0, 0.05) is 0 Å². The van der Waals surface area contributed by atoms with Crippen molar-refractivity contribution in [3.05, 3.63) is 71.5 Å². The molecule has 0 aromatic heterocycles. The van der Waals surface area contributed by atoms with Crippen LogP contribution in [0.1, 0.15) is 30.4 Å². The van der Waals surface area contributed by atoms with Crippen molar-refractivity contribution in [3.63, 3.8) is 0 Å². The summed E-state index contributed by atoms with van der Waals surface area (Å²) in [6, 6.07) is 17.3. The molecule has 2 heteroatoms. The van der Waals surface area contributed by atoms with Gasteiger partial charge in [-0.1, -0.05) is 49.4 Å². The molecule has 1 N–H and O–H groups in total. The molecule has 0 aliphatic heterocycles. The Balaban J connectivity index is 1.63. The van der Waals surface area contributed by atoms with Gasteiger partial charge in [0.25, 0.3) is 0 Å². The van der Waals surface area contributed by atoms with E-state index in [0.29, 0.717) is 5.92 Å². The van der Waals surface area contributed by atoms with Crippen LogP contribution in [0, 0.1) is 5.82 Å². The van der Waals surface area contributed by atoms with Crippen molar-refractivity contribution in [1.29, 1.82) is 0 Å². The fourth-order valence-electron chi connectivity index (χ4n) is 2.28. The number of rotatable bonds is 7. The zero-order valence-electron chi connectivity index (χ0n) is 12.0. The Morgan fingerprint density at radius 3 is 2.35 bits per heavy atom. The maximum absolute atomic E-state index is 12.8. The van der Waals surface area contributed by atoms with E-state index in [4.69, 9.17) is 0 Å². The van der Waals surface area contributed by atoms with Crippen molar-refractivity contribution in [2.45, 2.75) is 25.7 Å². The summed E-state index contributed by atoms with van der Waals surface area (Å²) in [5.74, 6) is 0.410. The molecule has 1 atom stereocenters. The third-order valence-electron chi connectivity index (χ3n) is 3.63. The van der Waals surface area contributed by atoms with Crippen LogP contribution in [0.5, 0.6) is 0 Å². The maximum atomic E-state index is 12.8. The predicted octanol–water partition coefficient (Wildman–Crippen LogP) is 4.15. The molecule has 2 rings (SSSR count). The summed E-state index contributed by atoms with van der Waals surface area (Å²) in [5.41, 5.74) is 2.57. The molecule has 2 aromatic rings. The lowest BCUT2D eigenvalue weighted by Crippen LogP contribution is -2.19. The zero-order valence-corrected chi connectivity index (χ0v) is 12.0. The molecule has 20 heavy (non-hydrogen) atoms. The first-order valence-electron chi connectivity index (χ1n) is 7.26. The molecule has 0 aliphatic rings.